The van der Waals surface area contributed by atoms with Crippen LogP contribution < -0.4 is 5.73 Å². The Kier molecular flexibility index (Phi) is 3.99. The summed E-state index contributed by atoms with van der Waals surface area (Å²) >= 11 is 6.25. The van der Waals surface area contributed by atoms with Gasteiger partial charge >= 0.3 is 5.97 Å². The van der Waals surface area contributed by atoms with Crippen molar-refractivity contribution in [1.82, 2.24) is 9.78 Å². The van der Waals surface area contributed by atoms with E-state index in [-0.39, 0.29) is 6.61 Å². The molecule has 0 radical (unpaired) electrons. The summed E-state index contributed by atoms with van der Waals surface area (Å²) in [5.74, 6) is -0.468. The molecular formula is C14H16ClN3O2. The van der Waals surface area contributed by atoms with Crippen molar-refractivity contribution in [3.63, 3.8) is 0 Å². The summed E-state index contributed by atoms with van der Waals surface area (Å²) in [6.45, 7) is 5.79. The highest BCUT2D eigenvalue weighted by atomic mass is 35.5. The zero-order valence-electron chi connectivity index (χ0n) is 11.6. The van der Waals surface area contributed by atoms with Gasteiger partial charge in [-0.15, -0.1) is 0 Å². The van der Waals surface area contributed by atoms with Gasteiger partial charge in [0.25, 0.3) is 0 Å². The molecule has 0 bridgehead atoms. The quantitative estimate of drug-likeness (QED) is 0.698. The SMILES string of the molecule is CCOC(=O)c1cc(N)cc(Cl)c1-n1nc(C)cc1C. The summed E-state index contributed by atoms with van der Waals surface area (Å²) in [7, 11) is 0. The second-order valence-corrected chi connectivity index (χ2v) is 4.87. The van der Waals surface area contributed by atoms with Gasteiger partial charge in [-0.05, 0) is 39.0 Å². The molecule has 0 aliphatic carbocycles. The van der Waals surface area contributed by atoms with Gasteiger partial charge in [-0.2, -0.15) is 5.10 Å². The second kappa shape index (κ2) is 5.54. The Hall–Kier alpha value is -2.01. The van der Waals surface area contributed by atoms with Gasteiger partial charge in [0.1, 0.15) is 0 Å². The van der Waals surface area contributed by atoms with Crippen molar-refractivity contribution in [2.75, 3.05) is 12.3 Å². The van der Waals surface area contributed by atoms with E-state index in [1.54, 1.807) is 23.7 Å². The van der Waals surface area contributed by atoms with Crippen LogP contribution in [0.5, 0.6) is 0 Å². The summed E-state index contributed by atoms with van der Waals surface area (Å²) in [6, 6.07) is 5.05. The molecule has 0 spiro atoms. The first-order chi connectivity index (χ1) is 9.43. The lowest BCUT2D eigenvalue weighted by Gasteiger charge is -2.13. The highest BCUT2D eigenvalue weighted by Crippen LogP contribution is 2.29. The minimum atomic E-state index is -0.468. The summed E-state index contributed by atoms with van der Waals surface area (Å²) < 4.78 is 6.68. The molecule has 1 aromatic carbocycles. The van der Waals surface area contributed by atoms with E-state index < -0.39 is 5.97 Å². The molecule has 0 aliphatic heterocycles. The number of ether oxygens (including phenoxy) is 1. The van der Waals surface area contributed by atoms with Crippen LogP contribution in [0.15, 0.2) is 18.2 Å². The molecular weight excluding hydrogens is 278 g/mol. The number of aryl methyl sites for hydroxylation is 2. The first-order valence-corrected chi connectivity index (χ1v) is 6.61. The highest BCUT2D eigenvalue weighted by Gasteiger charge is 2.20. The third-order valence-electron chi connectivity index (χ3n) is 2.80. The van der Waals surface area contributed by atoms with Crippen LogP contribution in [0.1, 0.15) is 28.7 Å². The van der Waals surface area contributed by atoms with Crippen LogP contribution >= 0.6 is 11.6 Å². The number of hydrogen-bond donors (Lipinski definition) is 1. The van der Waals surface area contributed by atoms with Crippen LogP contribution in [0.2, 0.25) is 5.02 Å². The molecule has 20 heavy (non-hydrogen) atoms. The van der Waals surface area contributed by atoms with E-state index in [4.69, 9.17) is 22.1 Å². The number of nitrogen functional groups attached to an aromatic ring is 1. The zero-order chi connectivity index (χ0) is 14.9. The van der Waals surface area contributed by atoms with Crippen molar-refractivity contribution in [3.8, 4) is 5.69 Å². The Labute approximate surface area is 122 Å². The Balaban J connectivity index is 2.68. The fraction of sp³-hybridized carbons (Fsp3) is 0.286. The average molecular weight is 294 g/mol. The van der Waals surface area contributed by atoms with Crippen molar-refractivity contribution in [2.24, 2.45) is 0 Å². The standard InChI is InChI=1S/C14H16ClN3O2/c1-4-20-14(19)11-6-10(16)7-12(15)13(11)18-9(3)5-8(2)17-18/h5-7H,4,16H2,1-3H3. The van der Waals surface area contributed by atoms with E-state index in [2.05, 4.69) is 5.10 Å². The monoisotopic (exact) mass is 293 g/mol. The molecule has 2 N–H and O–H groups in total. The van der Waals surface area contributed by atoms with Crippen LogP contribution in [0.25, 0.3) is 5.69 Å². The summed E-state index contributed by atoms with van der Waals surface area (Å²) in [4.78, 5) is 12.1. The topological polar surface area (TPSA) is 70.1 Å². The Bertz CT molecular complexity index is 665. The molecule has 106 valence electrons. The molecule has 0 fully saturated rings. The van der Waals surface area contributed by atoms with E-state index in [0.717, 1.165) is 11.4 Å². The van der Waals surface area contributed by atoms with Crippen molar-refractivity contribution in [2.45, 2.75) is 20.8 Å². The second-order valence-electron chi connectivity index (χ2n) is 4.46. The minimum absolute atomic E-state index is 0.280. The van der Waals surface area contributed by atoms with Crippen molar-refractivity contribution < 1.29 is 9.53 Å². The molecule has 0 amide bonds. The van der Waals surface area contributed by atoms with Gasteiger partial charge in [0.15, 0.2) is 0 Å². The van der Waals surface area contributed by atoms with Gasteiger partial charge in [-0.3, -0.25) is 0 Å². The fourth-order valence-corrected chi connectivity index (χ4v) is 2.36. The van der Waals surface area contributed by atoms with Crippen LogP contribution in [0.4, 0.5) is 5.69 Å². The number of hydrogen-bond acceptors (Lipinski definition) is 4. The predicted molar refractivity (Wildman–Crippen MR) is 78.4 cm³/mol. The number of aromatic nitrogens is 2. The fourth-order valence-electron chi connectivity index (χ4n) is 2.06. The Morgan fingerprint density at radius 3 is 2.65 bits per heavy atom. The van der Waals surface area contributed by atoms with Gasteiger partial charge in [-0.25, -0.2) is 9.48 Å². The summed E-state index contributed by atoms with van der Waals surface area (Å²) in [6.07, 6.45) is 0. The molecule has 0 aliphatic rings. The largest absolute Gasteiger partial charge is 0.462 e. The van der Waals surface area contributed by atoms with Crippen LogP contribution in [-0.2, 0) is 4.74 Å². The lowest BCUT2D eigenvalue weighted by molar-refractivity contribution is 0.0526. The minimum Gasteiger partial charge on any atom is -0.462 e. The molecule has 0 unspecified atom stereocenters. The van der Waals surface area contributed by atoms with Crippen molar-refractivity contribution in [3.05, 3.63) is 40.2 Å². The number of rotatable bonds is 3. The van der Waals surface area contributed by atoms with Crippen LogP contribution in [0.3, 0.4) is 0 Å². The number of benzene rings is 1. The number of nitrogens with two attached hydrogens (primary N) is 1. The summed E-state index contributed by atoms with van der Waals surface area (Å²) in [5, 5.41) is 4.72. The maximum Gasteiger partial charge on any atom is 0.340 e. The lowest BCUT2D eigenvalue weighted by atomic mass is 10.1. The third kappa shape index (κ3) is 2.63. The Morgan fingerprint density at radius 1 is 1.40 bits per heavy atom. The third-order valence-corrected chi connectivity index (χ3v) is 3.09. The Morgan fingerprint density at radius 2 is 2.10 bits per heavy atom. The summed E-state index contributed by atoms with van der Waals surface area (Å²) in [5.41, 5.74) is 8.68. The molecule has 0 atom stereocenters. The van der Waals surface area contributed by atoms with E-state index in [1.807, 2.05) is 19.9 Å². The van der Waals surface area contributed by atoms with Crippen molar-refractivity contribution >= 4 is 23.3 Å². The number of halogens is 1. The number of carbonyl (C=O) groups excluding carboxylic acids is 1. The van der Waals surface area contributed by atoms with Gasteiger partial charge in [-0.1, -0.05) is 11.6 Å². The molecule has 1 aromatic heterocycles. The first-order valence-electron chi connectivity index (χ1n) is 6.23. The van der Waals surface area contributed by atoms with E-state index in [9.17, 15) is 4.79 Å². The average Bonchev–Trinajstić information content (AvgIpc) is 2.67. The molecule has 0 saturated heterocycles. The van der Waals surface area contributed by atoms with Gasteiger partial charge in [0, 0.05) is 11.4 Å². The van der Waals surface area contributed by atoms with Crippen LogP contribution in [0, 0.1) is 13.8 Å². The molecule has 1 heterocycles. The molecule has 2 aromatic rings. The molecule has 6 heteroatoms. The number of anilines is 1. The predicted octanol–water partition coefficient (Wildman–Crippen LogP) is 2.90. The maximum atomic E-state index is 12.1. The zero-order valence-corrected chi connectivity index (χ0v) is 12.4. The normalized spacial score (nSPS) is 10.6. The molecule has 0 saturated carbocycles. The number of nitrogens with zero attached hydrogens (tertiary/aromatic N) is 2. The lowest BCUT2D eigenvalue weighted by Crippen LogP contribution is -2.12. The van der Waals surface area contributed by atoms with E-state index in [0.29, 0.717) is 22.0 Å². The van der Waals surface area contributed by atoms with E-state index in [1.165, 1.54) is 0 Å². The van der Waals surface area contributed by atoms with E-state index >= 15 is 0 Å². The van der Waals surface area contributed by atoms with Gasteiger partial charge in [0.2, 0.25) is 0 Å². The van der Waals surface area contributed by atoms with Gasteiger partial charge in [0.05, 0.1) is 28.6 Å². The first kappa shape index (κ1) is 14.4. The smallest absolute Gasteiger partial charge is 0.340 e. The maximum absolute atomic E-state index is 12.1. The number of carbonyl (C=O) groups is 1. The molecule has 5 nitrogen and oxygen atoms in total. The van der Waals surface area contributed by atoms with Crippen LogP contribution in [-0.4, -0.2) is 22.4 Å². The van der Waals surface area contributed by atoms with Crippen molar-refractivity contribution in [1.29, 1.82) is 0 Å². The van der Waals surface area contributed by atoms with Gasteiger partial charge < -0.3 is 10.5 Å². The number of esters is 1. The highest BCUT2D eigenvalue weighted by molar-refractivity contribution is 6.33. The molecule has 2 rings (SSSR count).